The van der Waals surface area contributed by atoms with Gasteiger partial charge in [0.05, 0.1) is 17.0 Å². The number of carboxylic acids is 1. The highest BCUT2D eigenvalue weighted by Gasteiger charge is 2.13. The van der Waals surface area contributed by atoms with E-state index in [1.165, 1.54) is 41.0 Å². The Balaban J connectivity index is 2.54. The molecular weight excluding hydrogens is 302 g/mol. The molecule has 1 aromatic carbocycles. The standard InChI is InChI=1S/C15H11N3O5/c16-9-11-3-6-13(17(15(11)21)8-7-14(19)20)10-1-4-12(5-2-10)18(22)23/h1-6H,7-8H2,(H,19,20). The van der Waals surface area contributed by atoms with Gasteiger partial charge in [-0.2, -0.15) is 5.26 Å². The number of carboxylic acid groups (broad SMARTS) is 1. The molecular formula is C15H11N3O5. The number of non-ortho nitro benzene ring substituents is 1. The highest BCUT2D eigenvalue weighted by molar-refractivity contribution is 5.67. The summed E-state index contributed by atoms with van der Waals surface area (Å²) in [5, 5.41) is 28.4. The van der Waals surface area contributed by atoms with Gasteiger partial charge in [-0.3, -0.25) is 19.7 Å². The molecule has 0 aliphatic rings. The Morgan fingerprint density at radius 2 is 1.91 bits per heavy atom. The molecule has 1 heterocycles. The maximum atomic E-state index is 12.2. The van der Waals surface area contributed by atoms with Crippen LogP contribution < -0.4 is 5.56 Å². The maximum Gasteiger partial charge on any atom is 0.305 e. The Morgan fingerprint density at radius 3 is 2.43 bits per heavy atom. The molecule has 0 saturated carbocycles. The van der Waals surface area contributed by atoms with Crippen molar-refractivity contribution in [3.63, 3.8) is 0 Å². The summed E-state index contributed by atoms with van der Waals surface area (Å²) < 4.78 is 1.19. The minimum absolute atomic E-state index is 0.0955. The van der Waals surface area contributed by atoms with Crippen LogP contribution in [0.4, 0.5) is 5.69 Å². The smallest absolute Gasteiger partial charge is 0.305 e. The molecule has 2 aromatic rings. The summed E-state index contributed by atoms with van der Waals surface area (Å²) in [5.41, 5.74) is 0.125. The normalized spacial score (nSPS) is 10.0. The molecule has 0 spiro atoms. The number of nitro groups is 1. The number of pyridine rings is 1. The van der Waals surface area contributed by atoms with Gasteiger partial charge in [-0.25, -0.2) is 0 Å². The van der Waals surface area contributed by atoms with Gasteiger partial charge in [0.1, 0.15) is 11.6 Å². The highest BCUT2D eigenvalue weighted by atomic mass is 16.6. The van der Waals surface area contributed by atoms with Gasteiger partial charge in [-0.15, -0.1) is 0 Å². The maximum absolute atomic E-state index is 12.2. The van der Waals surface area contributed by atoms with E-state index in [0.29, 0.717) is 11.3 Å². The van der Waals surface area contributed by atoms with Crippen LogP contribution in [-0.4, -0.2) is 20.6 Å². The van der Waals surface area contributed by atoms with Crippen LogP contribution in [0.5, 0.6) is 0 Å². The second-order valence-electron chi connectivity index (χ2n) is 4.65. The zero-order chi connectivity index (χ0) is 17.0. The summed E-state index contributed by atoms with van der Waals surface area (Å²) >= 11 is 0. The van der Waals surface area contributed by atoms with Crippen LogP contribution in [0, 0.1) is 21.4 Å². The van der Waals surface area contributed by atoms with E-state index in [-0.39, 0.29) is 24.2 Å². The topological polar surface area (TPSA) is 126 Å². The molecule has 8 heteroatoms. The number of nitriles is 1. The van der Waals surface area contributed by atoms with E-state index in [1.54, 1.807) is 6.07 Å². The van der Waals surface area contributed by atoms with Crippen LogP contribution >= 0.6 is 0 Å². The van der Waals surface area contributed by atoms with Crippen molar-refractivity contribution in [3.05, 3.63) is 62.4 Å². The van der Waals surface area contributed by atoms with E-state index in [9.17, 15) is 19.7 Å². The van der Waals surface area contributed by atoms with E-state index in [1.807, 2.05) is 0 Å². The second-order valence-corrected chi connectivity index (χ2v) is 4.65. The molecule has 0 atom stereocenters. The Labute approximate surface area is 130 Å². The van der Waals surface area contributed by atoms with Gasteiger partial charge in [0.25, 0.3) is 11.2 Å². The number of rotatable bonds is 5. The van der Waals surface area contributed by atoms with Crippen LogP contribution in [0.25, 0.3) is 11.3 Å². The molecule has 0 aliphatic heterocycles. The number of aliphatic carboxylic acids is 1. The summed E-state index contributed by atoms with van der Waals surface area (Å²) in [5.74, 6) is -1.08. The highest BCUT2D eigenvalue weighted by Crippen LogP contribution is 2.22. The Kier molecular flexibility index (Phi) is 4.52. The first-order chi connectivity index (χ1) is 10.9. The van der Waals surface area contributed by atoms with Crippen LogP contribution in [0.15, 0.2) is 41.2 Å². The van der Waals surface area contributed by atoms with Gasteiger partial charge in [0, 0.05) is 18.7 Å². The van der Waals surface area contributed by atoms with Gasteiger partial charge < -0.3 is 9.67 Å². The summed E-state index contributed by atoms with van der Waals surface area (Å²) in [7, 11) is 0. The number of nitrogens with zero attached hydrogens (tertiary/aromatic N) is 3. The zero-order valence-electron chi connectivity index (χ0n) is 11.8. The fourth-order valence-corrected chi connectivity index (χ4v) is 2.10. The van der Waals surface area contributed by atoms with Crippen LogP contribution in [0.2, 0.25) is 0 Å². The summed E-state index contributed by atoms with van der Waals surface area (Å²) in [4.78, 5) is 33.1. The molecule has 0 saturated heterocycles. The molecule has 8 nitrogen and oxygen atoms in total. The summed E-state index contributed by atoms with van der Waals surface area (Å²) in [6, 6.07) is 10.1. The van der Waals surface area contributed by atoms with Crippen molar-refractivity contribution >= 4 is 11.7 Å². The Hall–Kier alpha value is -3.47. The van der Waals surface area contributed by atoms with Crippen molar-refractivity contribution in [1.82, 2.24) is 4.57 Å². The first kappa shape index (κ1) is 15.9. The molecule has 0 radical (unpaired) electrons. The lowest BCUT2D eigenvalue weighted by Gasteiger charge is -2.12. The molecule has 23 heavy (non-hydrogen) atoms. The number of carbonyl (C=O) groups is 1. The third kappa shape index (κ3) is 3.41. The first-order valence-corrected chi connectivity index (χ1v) is 6.54. The van der Waals surface area contributed by atoms with Crippen molar-refractivity contribution in [2.45, 2.75) is 13.0 Å². The summed E-state index contributed by atoms with van der Waals surface area (Å²) in [6.07, 6.45) is -0.283. The second kappa shape index (κ2) is 6.53. The fourth-order valence-electron chi connectivity index (χ4n) is 2.10. The fraction of sp³-hybridized carbons (Fsp3) is 0.133. The average Bonchev–Trinajstić information content (AvgIpc) is 2.53. The molecule has 1 aromatic heterocycles. The Bertz CT molecular complexity index is 862. The number of benzene rings is 1. The van der Waals surface area contributed by atoms with Crippen molar-refractivity contribution in [2.24, 2.45) is 0 Å². The van der Waals surface area contributed by atoms with Crippen LogP contribution in [0.1, 0.15) is 12.0 Å². The number of nitro benzene ring substituents is 1. The van der Waals surface area contributed by atoms with Crippen LogP contribution in [0.3, 0.4) is 0 Å². The quantitative estimate of drug-likeness (QED) is 0.662. The van der Waals surface area contributed by atoms with E-state index in [4.69, 9.17) is 10.4 Å². The van der Waals surface area contributed by atoms with Crippen LogP contribution in [-0.2, 0) is 11.3 Å². The van der Waals surface area contributed by atoms with E-state index >= 15 is 0 Å². The van der Waals surface area contributed by atoms with E-state index < -0.39 is 16.5 Å². The van der Waals surface area contributed by atoms with Gasteiger partial charge in [-0.05, 0) is 29.8 Å². The van der Waals surface area contributed by atoms with Gasteiger partial charge in [-0.1, -0.05) is 0 Å². The molecule has 0 bridgehead atoms. The monoisotopic (exact) mass is 313 g/mol. The van der Waals surface area contributed by atoms with E-state index in [2.05, 4.69) is 0 Å². The van der Waals surface area contributed by atoms with Gasteiger partial charge in [0.2, 0.25) is 0 Å². The van der Waals surface area contributed by atoms with Crippen molar-refractivity contribution in [3.8, 4) is 17.3 Å². The molecule has 0 aliphatic carbocycles. The molecule has 0 amide bonds. The predicted molar refractivity (Wildman–Crippen MR) is 79.8 cm³/mol. The third-order valence-electron chi connectivity index (χ3n) is 3.22. The average molecular weight is 313 g/mol. The van der Waals surface area contributed by atoms with Crippen molar-refractivity contribution in [1.29, 1.82) is 5.26 Å². The van der Waals surface area contributed by atoms with Gasteiger partial charge in [0.15, 0.2) is 0 Å². The number of hydrogen-bond donors (Lipinski definition) is 1. The molecule has 1 N–H and O–H groups in total. The lowest BCUT2D eigenvalue weighted by molar-refractivity contribution is -0.384. The lowest BCUT2D eigenvalue weighted by atomic mass is 10.1. The third-order valence-corrected chi connectivity index (χ3v) is 3.22. The van der Waals surface area contributed by atoms with Crippen molar-refractivity contribution in [2.75, 3.05) is 0 Å². The lowest BCUT2D eigenvalue weighted by Crippen LogP contribution is -2.25. The minimum Gasteiger partial charge on any atom is -0.481 e. The molecule has 2 rings (SSSR count). The Morgan fingerprint density at radius 1 is 1.26 bits per heavy atom. The molecule has 0 fully saturated rings. The number of hydrogen-bond acceptors (Lipinski definition) is 5. The van der Waals surface area contributed by atoms with Crippen molar-refractivity contribution < 1.29 is 14.8 Å². The van der Waals surface area contributed by atoms with Gasteiger partial charge >= 0.3 is 5.97 Å². The molecule has 0 unspecified atom stereocenters. The largest absolute Gasteiger partial charge is 0.481 e. The minimum atomic E-state index is -1.08. The zero-order valence-corrected chi connectivity index (χ0v) is 11.8. The molecule has 116 valence electrons. The summed E-state index contributed by atoms with van der Waals surface area (Å²) in [6.45, 7) is -0.101. The predicted octanol–water partition coefficient (Wildman–Crippen LogP) is 1.77. The SMILES string of the molecule is N#Cc1ccc(-c2ccc([N+](=O)[O-])cc2)n(CCC(=O)O)c1=O. The van der Waals surface area contributed by atoms with E-state index in [0.717, 1.165) is 0 Å². The number of aromatic nitrogens is 1. The first-order valence-electron chi connectivity index (χ1n) is 6.54.